The Morgan fingerprint density at radius 2 is 2.24 bits per heavy atom. The van der Waals surface area contributed by atoms with E-state index in [9.17, 15) is 9.18 Å². The lowest BCUT2D eigenvalue weighted by atomic mass is 10.0. The molecule has 1 fully saturated rings. The van der Waals surface area contributed by atoms with Crippen LogP contribution >= 0.6 is 0 Å². The van der Waals surface area contributed by atoms with Gasteiger partial charge >= 0.3 is 0 Å². The first kappa shape index (κ1) is 13.9. The minimum absolute atomic E-state index is 0.140. The number of nitrogens with one attached hydrogen (secondary N) is 1. The van der Waals surface area contributed by atoms with Crippen molar-refractivity contribution in [3.8, 4) is 0 Å². The summed E-state index contributed by atoms with van der Waals surface area (Å²) in [5, 5.41) is 12.3. The number of aliphatic hydroxyl groups excluding tert-OH is 1. The van der Waals surface area contributed by atoms with Crippen LogP contribution in [0.4, 0.5) is 4.39 Å². The molecule has 1 aliphatic rings. The van der Waals surface area contributed by atoms with Gasteiger partial charge in [-0.05, 0) is 44.0 Å². The molecular weight excluding hydrogens is 271 g/mol. The van der Waals surface area contributed by atoms with Gasteiger partial charge in [0.25, 0.3) is 5.91 Å². The number of rotatable bonds is 4. The van der Waals surface area contributed by atoms with E-state index in [1.807, 2.05) is 0 Å². The number of carbonyl (C=O) groups excluding carboxylic acids is 1. The molecule has 1 heterocycles. The fourth-order valence-electron chi connectivity index (χ4n) is 2.34. The van der Waals surface area contributed by atoms with E-state index in [2.05, 4.69) is 10.3 Å². The van der Waals surface area contributed by atoms with Gasteiger partial charge in [-0.15, -0.1) is 0 Å². The molecule has 0 radical (unpaired) electrons. The number of nitrogens with zero attached hydrogens (tertiary/aromatic N) is 1. The van der Waals surface area contributed by atoms with Crippen molar-refractivity contribution < 1.29 is 14.3 Å². The van der Waals surface area contributed by atoms with Gasteiger partial charge in [0.1, 0.15) is 5.82 Å². The molecule has 2 aromatic rings. The lowest BCUT2D eigenvalue weighted by molar-refractivity contribution is 0.0924. The topological polar surface area (TPSA) is 62.2 Å². The van der Waals surface area contributed by atoms with Crippen LogP contribution in [0.1, 0.15) is 41.7 Å². The molecule has 0 bridgehead atoms. The third kappa shape index (κ3) is 2.88. The lowest BCUT2D eigenvalue weighted by Crippen LogP contribution is -2.35. The standard InChI is InChI=1S/C16H17FN2O2/c1-9(8-20)18-16(21)13-7-15(10-2-3-10)19-14-5-4-11(17)6-12(13)14/h4-7,9-10,20H,2-3,8H2,1H3,(H,18,21). The Kier molecular flexibility index (Phi) is 3.59. The van der Waals surface area contributed by atoms with E-state index in [0.29, 0.717) is 22.4 Å². The first-order valence-corrected chi connectivity index (χ1v) is 7.10. The van der Waals surface area contributed by atoms with Crippen molar-refractivity contribution in [2.45, 2.75) is 31.7 Å². The molecule has 1 atom stereocenters. The van der Waals surface area contributed by atoms with Crippen molar-refractivity contribution in [2.24, 2.45) is 0 Å². The van der Waals surface area contributed by atoms with E-state index in [1.165, 1.54) is 12.1 Å². The molecule has 0 spiro atoms. The molecule has 1 unspecified atom stereocenters. The van der Waals surface area contributed by atoms with Crippen molar-refractivity contribution in [1.82, 2.24) is 10.3 Å². The minimum atomic E-state index is -0.396. The van der Waals surface area contributed by atoms with Gasteiger partial charge in [-0.1, -0.05) is 0 Å². The molecule has 1 saturated carbocycles. The highest BCUT2D eigenvalue weighted by molar-refractivity contribution is 6.06. The number of fused-ring (bicyclic) bond motifs is 1. The SMILES string of the molecule is CC(CO)NC(=O)c1cc(C2CC2)nc2ccc(F)cc12. The van der Waals surface area contributed by atoms with E-state index in [1.54, 1.807) is 19.1 Å². The zero-order valence-electron chi connectivity index (χ0n) is 11.8. The van der Waals surface area contributed by atoms with Crippen LogP contribution < -0.4 is 5.32 Å². The van der Waals surface area contributed by atoms with Crippen molar-refractivity contribution in [3.63, 3.8) is 0 Å². The summed E-state index contributed by atoms with van der Waals surface area (Å²) in [6.45, 7) is 1.57. The second-order valence-corrected chi connectivity index (χ2v) is 5.59. The molecule has 21 heavy (non-hydrogen) atoms. The van der Waals surface area contributed by atoms with Crippen LogP contribution in [-0.4, -0.2) is 28.6 Å². The first-order chi connectivity index (χ1) is 10.1. The Bertz CT molecular complexity index is 698. The zero-order chi connectivity index (χ0) is 15.0. The summed E-state index contributed by atoms with van der Waals surface area (Å²) >= 11 is 0. The molecule has 110 valence electrons. The van der Waals surface area contributed by atoms with Crippen LogP contribution in [0.25, 0.3) is 10.9 Å². The van der Waals surface area contributed by atoms with Crippen LogP contribution in [0.3, 0.4) is 0 Å². The molecule has 1 aromatic carbocycles. The Balaban J connectivity index is 2.08. The van der Waals surface area contributed by atoms with Crippen molar-refractivity contribution in [3.05, 3.63) is 41.3 Å². The number of halogens is 1. The van der Waals surface area contributed by atoms with Gasteiger partial charge in [0.2, 0.25) is 0 Å². The second-order valence-electron chi connectivity index (χ2n) is 5.59. The van der Waals surface area contributed by atoms with Gasteiger partial charge < -0.3 is 10.4 Å². The molecule has 4 nitrogen and oxygen atoms in total. The smallest absolute Gasteiger partial charge is 0.252 e. The third-order valence-corrected chi connectivity index (χ3v) is 3.68. The molecule has 1 aromatic heterocycles. The van der Waals surface area contributed by atoms with Gasteiger partial charge in [-0.2, -0.15) is 0 Å². The summed E-state index contributed by atoms with van der Waals surface area (Å²) in [5.41, 5.74) is 1.93. The van der Waals surface area contributed by atoms with Crippen LogP contribution in [0.2, 0.25) is 0 Å². The first-order valence-electron chi connectivity index (χ1n) is 7.10. The molecule has 1 aliphatic carbocycles. The molecule has 0 saturated heterocycles. The van der Waals surface area contributed by atoms with Crippen LogP contribution in [0.15, 0.2) is 24.3 Å². The number of pyridine rings is 1. The second kappa shape index (κ2) is 5.41. The van der Waals surface area contributed by atoms with Crippen LogP contribution in [0.5, 0.6) is 0 Å². The average molecular weight is 288 g/mol. The predicted octanol–water partition coefficient (Wildman–Crippen LogP) is 2.36. The molecule has 0 aliphatic heterocycles. The molecule has 2 N–H and O–H groups in total. The Morgan fingerprint density at radius 3 is 2.90 bits per heavy atom. The molecule has 5 heteroatoms. The van der Waals surface area contributed by atoms with E-state index in [4.69, 9.17) is 5.11 Å². The summed E-state index contributed by atoms with van der Waals surface area (Å²) in [4.78, 5) is 16.9. The monoisotopic (exact) mass is 288 g/mol. The highest BCUT2D eigenvalue weighted by Crippen LogP contribution is 2.40. The van der Waals surface area contributed by atoms with E-state index < -0.39 is 5.82 Å². The highest BCUT2D eigenvalue weighted by atomic mass is 19.1. The maximum Gasteiger partial charge on any atom is 0.252 e. The quantitative estimate of drug-likeness (QED) is 0.908. The number of carbonyl (C=O) groups is 1. The Labute approximate surface area is 122 Å². The average Bonchev–Trinajstić information content (AvgIpc) is 3.30. The zero-order valence-corrected chi connectivity index (χ0v) is 11.8. The van der Waals surface area contributed by atoms with Crippen LogP contribution in [0, 0.1) is 5.82 Å². The van der Waals surface area contributed by atoms with Crippen molar-refractivity contribution in [2.75, 3.05) is 6.61 Å². The van der Waals surface area contributed by atoms with Crippen molar-refractivity contribution in [1.29, 1.82) is 0 Å². The molecular formula is C16H17FN2O2. The van der Waals surface area contributed by atoms with Gasteiger partial charge in [-0.25, -0.2) is 4.39 Å². The van der Waals surface area contributed by atoms with E-state index in [0.717, 1.165) is 18.5 Å². The number of aromatic nitrogens is 1. The number of amides is 1. The fourth-order valence-corrected chi connectivity index (χ4v) is 2.34. The third-order valence-electron chi connectivity index (χ3n) is 3.68. The summed E-state index contributed by atoms with van der Waals surface area (Å²) < 4.78 is 13.5. The predicted molar refractivity (Wildman–Crippen MR) is 77.7 cm³/mol. The van der Waals surface area contributed by atoms with Gasteiger partial charge in [0.05, 0.1) is 17.7 Å². The largest absolute Gasteiger partial charge is 0.394 e. The van der Waals surface area contributed by atoms with E-state index >= 15 is 0 Å². The number of benzene rings is 1. The number of aliphatic hydroxyl groups is 1. The summed E-state index contributed by atoms with van der Waals surface area (Å²) in [7, 11) is 0. The van der Waals surface area contributed by atoms with Crippen LogP contribution in [-0.2, 0) is 0 Å². The summed E-state index contributed by atoms with van der Waals surface area (Å²) in [5.74, 6) is -0.301. The molecule has 3 rings (SSSR count). The van der Waals surface area contributed by atoms with Gasteiger partial charge in [0.15, 0.2) is 0 Å². The van der Waals surface area contributed by atoms with Gasteiger partial charge in [0, 0.05) is 23.0 Å². The Morgan fingerprint density at radius 1 is 1.48 bits per heavy atom. The normalized spacial score (nSPS) is 16.0. The minimum Gasteiger partial charge on any atom is -0.394 e. The summed E-state index contributed by atoms with van der Waals surface area (Å²) in [6, 6.07) is 5.68. The maximum atomic E-state index is 13.5. The molecule has 1 amide bonds. The maximum absolute atomic E-state index is 13.5. The lowest BCUT2D eigenvalue weighted by Gasteiger charge is -2.13. The number of hydrogen-bond acceptors (Lipinski definition) is 3. The van der Waals surface area contributed by atoms with Gasteiger partial charge in [-0.3, -0.25) is 9.78 Å². The van der Waals surface area contributed by atoms with E-state index in [-0.39, 0.29) is 18.6 Å². The summed E-state index contributed by atoms with van der Waals surface area (Å²) in [6.07, 6.45) is 2.15. The van der Waals surface area contributed by atoms with Crippen molar-refractivity contribution >= 4 is 16.8 Å². The highest BCUT2D eigenvalue weighted by Gasteiger charge is 2.27. The fraction of sp³-hybridized carbons (Fsp3) is 0.375. The Hall–Kier alpha value is -2.01. The number of hydrogen-bond donors (Lipinski definition) is 2.